The predicted octanol–water partition coefficient (Wildman–Crippen LogP) is 6.05. The summed E-state index contributed by atoms with van der Waals surface area (Å²) in [7, 11) is 1.55. The van der Waals surface area contributed by atoms with Crippen LogP contribution in [-0.2, 0) is 39.9 Å². The first kappa shape index (κ1) is 59.1. The fourth-order valence-corrected chi connectivity index (χ4v) is 10.6. The van der Waals surface area contributed by atoms with Crippen LogP contribution in [0.2, 0.25) is 0 Å². The van der Waals surface area contributed by atoms with Crippen LogP contribution in [-0.4, -0.2) is 164 Å². The number of esters is 1. The van der Waals surface area contributed by atoms with Crippen LogP contribution in [0.1, 0.15) is 85.1 Å². The number of anilines is 4. The molecule has 0 spiro atoms. The molecule has 24 heteroatoms. The molecule has 4 aromatic rings. The van der Waals surface area contributed by atoms with Crippen LogP contribution in [0, 0.1) is 5.41 Å². The van der Waals surface area contributed by atoms with Crippen molar-refractivity contribution in [2.45, 2.75) is 116 Å². The number of nitrogens with two attached hydrogens (primary N) is 1. The number of nitrogens with one attached hydrogen (secondary N) is 4. The first-order chi connectivity index (χ1) is 38.9. The van der Waals surface area contributed by atoms with Gasteiger partial charge in [0.15, 0.2) is 12.6 Å². The highest BCUT2D eigenvalue weighted by atomic mass is 16.7. The monoisotopic (exact) mass is 1120 g/mol. The minimum atomic E-state index is -1.36. The number of primary amides is 1. The number of rotatable bonds is 23. The number of urea groups is 1. The Morgan fingerprint density at radius 1 is 0.889 bits per heavy atom. The SMILES string of the molecule is CCOC(=O)C1(C(=O)N[C@@H](CCCNC(N)=O)C(=O)Nc2ccc(COC(=O)Nc3nnc(-c4ccccc4OCOC)cc3N3CC4CCC(C3)N4c3ccnc(OCCN4CCN(C(=O)OC(C)(C)C)C[C@H]4C)c3)cc2)CCC1. The van der Waals surface area contributed by atoms with Crippen LogP contribution in [0.4, 0.5) is 37.3 Å². The number of methoxy groups -OCH3 is 1. The average Bonchev–Trinajstić information content (AvgIpc) is 3.92. The quantitative estimate of drug-likeness (QED) is 0.0186. The van der Waals surface area contributed by atoms with E-state index >= 15 is 0 Å². The standard InChI is InChI=1S/C57H76N12O12/c1-7-77-52(72)57(22-11-23-57)51(71)62-44(13-10-24-60-53(58)73)50(70)61-39-17-15-38(16-18-39)35-79-54(74)63-49-46(31-45(64-65-49)43-12-8-9-14-47(43)80-36-76-6)68-33-41-19-20-42(34-68)69(41)40-21-25-59-48(30-40)78-29-28-66-26-27-67(32-37(66)2)55(75)81-56(3,4)5/h8-9,12,14-18,21,25,30-31,37,41-42,44H,7,10-11,13,19-20,22-24,26-29,32-36H2,1-6H3,(H,61,70)(H,62,71)(H3,58,60,73)(H,63,65,74)/t37-,41?,42?,44+/m1/s1. The Morgan fingerprint density at radius 3 is 2.32 bits per heavy atom. The first-order valence-corrected chi connectivity index (χ1v) is 27.7. The molecule has 436 valence electrons. The zero-order chi connectivity index (χ0) is 57.7. The highest BCUT2D eigenvalue weighted by molar-refractivity contribution is 6.06. The van der Waals surface area contributed by atoms with Crippen molar-refractivity contribution in [3.8, 4) is 22.9 Å². The smallest absolute Gasteiger partial charge is 0.413 e. The Morgan fingerprint density at radius 2 is 1.64 bits per heavy atom. The Balaban J connectivity index is 0.903. The molecular formula is C57H76N12O12. The van der Waals surface area contributed by atoms with Gasteiger partial charge in [-0.1, -0.05) is 30.7 Å². The molecule has 8 rings (SSSR count). The first-order valence-electron chi connectivity index (χ1n) is 27.7. The highest BCUT2D eigenvalue weighted by Crippen LogP contribution is 2.43. The summed E-state index contributed by atoms with van der Waals surface area (Å²) >= 11 is 0. The van der Waals surface area contributed by atoms with Gasteiger partial charge in [-0.2, -0.15) is 0 Å². The summed E-state index contributed by atoms with van der Waals surface area (Å²) in [4.78, 5) is 90.9. The van der Waals surface area contributed by atoms with Crippen LogP contribution in [0.5, 0.6) is 11.6 Å². The second-order valence-electron chi connectivity index (χ2n) is 21.7. The fraction of sp³-hybridized carbons (Fsp3) is 0.526. The maximum atomic E-state index is 13.7. The van der Waals surface area contributed by atoms with E-state index in [4.69, 9.17) is 34.2 Å². The van der Waals surface area contributed by atoms with Gasteiger partial charge in [-0.05, 0) is 115 Å². The maximum Gasteiger partial charge on any atom is 0.413 e. The van der Waals surface area contributed by atoms with Crippen molar-refractivity contribution < 1.29 is 57.2 Å². The summed E-state index contributed by atoms with van der Waals surface area (Å²) in [5.74, 6) is -0.443. The topological polar surface area (TPSA) is 284 Å². The van der Waals surface area contributed by atoms with Gasteiger partial charge in [-0.3, -0.25) is 24.6 Å². The predicted molar refractivity (Wildman–Crippen MR) is 301 cm³/mol. The largest absolute Gasteiger partial charge is 0.476 e. The number of hydrogen-bond donors (Lipinski definition) is 5. The molecule has 2 aromatic heterocycles. The molecule has 4 atom stereocenters. The molecule has 1 aliphatic carbocycles. The van der Waals surface area contributed by atoms with E-state index in [0.717, 1.165) is 18.5 Å². The zero-order valence-corrected chi connectivity index (χ0v) is 47.1. The Kier molecular flexibility index (Phi) is 19.7. The number of hydrogen-bond acceptors (Lipinski definition) is 18. The maximum absolute atomic E-state index is 13.7. The van der Waals surface area contributed by atoms with Gasteiger partial charge in [0.05, 0.1) is 18.0 Å². The minimum Gasteiger partial charge on any atom is -0.476 e. The lowest BCUT2D eigenvalue weighted by Crippen LogP contribution is -2.56. The molecule has 3 saturated heterocycles. The number of carbonyl (C=O) groups excluding carboxylic acids is 6. The van der Waals surface area contributed by atoms with Crippen LogP contribution in [0.25, 0.3) is 11.3 Å². The number of fused-ring (bicyclic) bond motifs is 2. The zero-order valence-electron chi connectivity index (χ0n) is 47.1. The Bertz CT molecular complexity index is 2830. The van der Waals surface area contributed by atoms with Crippen LogP contribution >= 0.6 is 0 Å². The molecule has 24 nitrogen and oxygen atoms in total. The van der Waals surface area contributed by atoms with E-state index in [9.17, 15) is 28.8 Å². The van der Waals surface area contributed by atoms with Gasteiger partial charge in [-0.25, -0.2) is 19.4 Å². The lowest BCUT2D eigenvalue weighted by molar-refractivity contribution is -0.167. The number of carbonyl (C=O) groups is 6. The summed E-state index contributed by atoms with van der Waals surface area (Å²) in [6, 6.07) is 18.6. The third-order valence-corrected chi connectivity index (χ3v) is 14.9. The van der Waals surface area contributed by atoms with E-state index in [1.807, 2.05) is 63.2 Å². The van der Waals surface area contributed by atoms with Gasteiger partial charge < -0.3 is 64.8 Å². The van der Waals surface area contributed by atoms with E-state index in [1.54, 1.807) is 49.4 Å². The highest BCUT2D eigenvalue weighted by Gasteiger charge is 2.53. The summed E-state index contributed by atoms with van der Waals surface area (Å²) in [5.41, 5.74) is 7.20. The summed E-state index contributed by atoms with van der Waals surface area (Å²) in [5, 5.41) is 20.0. The number of amides is 6. The Labute approximate surface area is 472 Å². The minimum absolute atomic E-state index is 0.0282. The van der Waals surface area contributed by atoms with Crippen LogP contribution in [0.15, 0.2) is 72.9 Å². The number of benzene rings is 2. The van der Waals surface area contributed by atoms with Crippen molar-refractivity contribution in [2.24, 2.45) is 11.1 Å². The van der Waals surface area contributed by atoms with Gasteiger partial charge >= 0.3 is 24.2 Å². The molecular weight excluding hydrogens is 1040 g/mol. The van der Waals surface area contributed by atoms with Crippen molar-refractivity contribution in [3.63, 3.8) is 0 Å². The average molecular weight is 1120 g/mol. The van der Waals surface area contributed by atoms with E-state index in [1.165, 1.54) is 0 Å². The fourth-order valence-electron chi connectivity index (χ4n) is 10.6. The molecule has 4 aliphatic rings. The normalized spacial score (nSPS) is 18.8. The van der Waals surface area contributed by atoms with Gasteiger partial charge in [0.25, 0.3) is 0 Å². The molecule has 3 aliphatic heterocycles. The van der Waals surface area contributed by atoms with E-state index in [2.05, 4.69) is 58.1 Å². The van der Waals surface area contributed by atoms with E-state index in [0.29, 0.717) is 111 Å². The molecule has 2 aromatic carbocycles. The van der Waals surface area contributed by atoms with Crippen molar-refractivity contribution in [3.05, 3.63) is 78.5 Å². The van der Waals surface area contributed by atoms with Gasteiger partial charge in [0.1, 0.15) is 36.0 Å². The lowest BCUT2D eigenvalue weighted by Gasteiger charge is -2.43. The van der Waals surface area contributed by atoms with Crippen molar-refractivity contribution >= 4 is 58.9 Å². The number of pyridine rings is 1. The van der Waals surface area contributed by atoms with Crippen molar-refractivity contribution in [1.82, 2.24) is 35.6 Å². The molecule has 6 N–H and O–H groups in total. The summed E-state index contributed by atoms with van der Waals surface area (Å²) in [6.45, 7) is 13.8. The van der Waals surface area contributed by atoms with E-state index < -0.39 is 47.0 Å². The van der Waals surface area contributed by atoms with Crippen molar-refractivity contribution in [1.29, 1.82) is 0 Å². The molecule has 81 heavy (non-hydrogen) atoms. The van der Waals surface area contributed by atoms with Gasteiger partial charge in [0.2, 0.25) is 17.7 Å². The number of ether oxygens (including phenoxy) is 6. The Hall–Kier alpha value is -7.99. The summed E-state index contributed by atoms with van der Waals surface area (Å²) in [6.07, 6.45) is 4.34. The van der Waals surface area contributed by atoms with Crippen LogP contribution in [0.3, 0.4) is 0 Å². The number of piperazine rings is 2. The molecule has 6 amide bonds. The molecule has 2 bridgehead atoms. The lowest BCUT2D eigenvalue weighted by atomic mass is 9.68. The van der Waals surface area contributed by atoms with Crippen LogP contribution < -0.4 is 46.3 Å². The molecule has 1 saturated carbocycles. The molecule has 0 radical (unpaired) electrons. The summed E-state index contributed by atoms with van der Waals surface area (Å²) < 4.78 is 33.9. The van der Waals surface area contributed by atoms with Crippen molar-refractivity contribution in [2.75, 3.05) is 93.4 Å². The number of nitrogens with zero attached hydrogens (tertiary/aromatic N) is 7. The van der Waals surface area contributed by atoms with Gasteiger partial charge in [0, 0.05) is 100 Å². The van der Waals surface area contributed by atoms with Gasteiger partial charge in [-0.15, -0.1) is 10.2 Å². The molecule has 5 heterocycles. The second kappa shape index (κ2) is 27.0. The molecule has 4 fully saturated rings. The number of para-hydroxylation sites is 1. The van der Waals surface area contributed by atoms with E-state index in [-0.39, 0.29) is 63.0 Å². The second-order valence-corrected chi connectivity index (χ2v) is 21.7. The third kappa shape index (κ3) is 15.3. The molecule has 2 unspecified atom stereocenters. The third-order valence-electron chi connectivity index (χ3n) is 14.9. The number of aromatic nitrogens is 3.